The largest absolute Gasteiger partial charge is 0.353 e. The van der Waals surface area contributed by atoms with Crippen molar-refractivity contribution in [2.45, 2.75) is 39.5 Å². The van der Waals surface area contributed by atoms with E-state index in [2.05, 4.69) is 61.1 Å². The third kappa shape index (κ3) is 4.38. The first-order valence-electron chi connectivity index (χ1n) is 9.66. The maximum atomic E-state index is 10.9. The number of carbonyl (C=O) groups is 1. The normalized spacial score (nSPS) is 14.7. The Kier molecular flexibility index (Phi) is 5.94. The fourth-order valence-corrected chi connectivity index (χ4v) is 3.45. The van der Waals surface area contributed by atoms with Crippen molar-refractivity contribution in [3.8, 4) is 0 Å². The lowest BCUT2D eigenvalue weighted by atomic mass is 9.93. The van der Waals surface area contributed by atoms with Gasteiger partial charge >= 0.3 is 0 Å². The molecule has 0 radical (unpaired) electrons. The molecule has 27 heavy (non-hydrogen) atoms. The van der Waals surface area contributed by atoms with Crippen molar-refractivity contribution < 1.29 is 4.79 Å². The molecule has 0 bridgehead atoms. The van der Waals surface area contributed by atoms with Gasteiger partial charge in [-0.3, -0.25) is 4.79 Å². The van der Waals surface area contributed by atoms with E-state index in [0.717, 1.165) is 44.1 Å². The zero-order chi connectivity index (χ0) is 19.4. The van der Waals surface area contributed by atoms with E-state index in [1.54, 1.807) is 11.1 Å². The summed E-state index contributed by atoms with van der Waals surface area (Å²) in [5.74, 6) is 2.32. The Bertz CT molecular complexity index is 756. The quantitative estimate of drug-likeness (QED) is 0.788. The van der Waals surface area contributed by atoms with Crippen molar-refractivity contribution in [1.82, 2.24) is 14.9 Å². The fourth-order valence-electron chi connectivity index (χ4n) is 3.45. The van der Waals surface area contributed by atoms with Gasteiger partial charge in [0, 0.05) is 38.1 Å². The van der Waals surface area contributed by atoms with Crippen LogP contribution in [0, 0.1) is 0 Å². The lowest BCUT2D eigenvalue weighted by molar-refractivity contribution is -0.118. The van der Waals surface area contributed by atoms with Gasteiger partial charge < -0.3 is 15.1 Å². The number of piperazine rings is 1. The molecule has 1 aromatic carbocycles. The summed E-state index contributed by atoms with van der Waals surface area (Å²) in [6.45, 7) is 11.8. The number of rotatable bonds is 6. The van der Waals surface area contributed by atoms with E-state index >= 15 is 0 Å². The maximum Gasteiger partial charge on any atom is 0.229 e. The Hall–Kier alpha value is -2.63. The molecular weight excluding hydrogens is 338 g/mol. The van der Waals surface area contributed by atoms with Gasteiger partial charge in [-0.05, 0) is 29.0 Å². The summed E-state index contributed by atoms with van der Waals surface area (Å²) < 4.78 is 0. The lowest BCUT2D eigenvalue weighted by Crippen LogP contribution is -2.46. The van der Waals surface area contributed by atoms with Crippen molar-refractivity contribution in [2.24, 2.45) is 0 Å². The van der Waals surface area contributed by atoms with Crippen molar-refractivity contribution in [1.29, 1.82) is 0 Å². The zero-order valence-electron chi connectivity index (χ0n) is 16.6. The van der Waals surface area contributed by atoms with Crippen LogP contribution >= 0.6 is 0 Å². The van der Waals surface area contributed by atoms with Crippen LogP contribution in [-0.2, 0) is 4.79 Å². The molecule has 0 spiro atoms. The SMILES string of the molecule is CC(C)c1cccc(C(C)C)c1Nc1nccc(N2CCN(C=O)CC2)n1. The summed E-state index contributed by atoms with van der Waals surface area (Å²) >= 11 is 0. The molecule has 6 heteroatoms. The molecule has 0 saturated carbocycles. The number of carbonyl (C=O) groups excluding carboxylic acids is 1. The summed E-state index contributed by atoms with van der Waals surface area (Å²) in [5.41, 5.74) is 3.66. The molecule has 1 N–H and O–H groups in total. The Morgan fingerprint density at radius 3 is 2.19 bits per heavy atom. The van der Waals surface area contributed by atoms with Crippen LogP contribution in [0.25, 0.3) is 0 Å². The highest BCUT2D eigenvalue weighted by atomic mass is 16.1. The van der Waals surface area contributed by atoms with Gasteiger partial charge in [-0.25, -0.2) is 4.98 Å². The Balaban J connectivity index is 1.86. The van der Waals surface area contributed by atoms with Gasteiger partial charge in [-0.2, -0.15) is 4.98 Å². The summed E-state index contributed by atoms with van der Waals surface area (Å²) in [4.78, 5) is 24.1. The first kappa shape index (κ1) is 19.1. The second kappa shape index (κ2) is 8.37. The van der Waals surface area contributed by atoms with Crippen LogP contribution in [0.5, 0.6) is 0 Å². The average molecular weight is 367 g/mol. The van der Waals surface area contributed by atoms with Crippen LogP contribution in [0.3, 0.4) is 0 Å². The van der Waals surface area contributed by atoms with E-state index in [0.29, 0.717) is 17.8 Å². The molecule has 0 aliphatic carbocycles. The lowest BCUT2D eigenvalue weighted by Gasteiger charge is -2.33. The van der Waals surface area contributed by atoms with Gasteiger partial charge in [-0.1, -0.05) is 45.9 Å². The van der Waals surface area contributed by atoms with Crippen LogP contribution in [0.4, 0.5) is 17.5 Å². The smallest absolute Gasteiger partial charge is 0.229 e. The monoisotopic (exact) mass is 367 g/mol. The molecule has 1 saturated heterocycles. The number of amides is 1. The van der Waals surface area contributed by atoms with E-state index in [4.69, 9.17) is 4.98 Å². The minimum atomic E-state index is 0.408. The summed E-state index contributed by atoms with van der Waals surface area (Å²) in [6.07, 6.45) is 2.71. The number of aromatic nitrogens is 2. The van der Waals surface area contributed by atoms with Gasteiger partial charge in [0.1, 0.15) is 5.82 Å². The molecule has 6 nitrogen and oxygen atoms in total. The number of nitrogens with zero attached hydrogens (tertiary/aromatic N) is 4. The van der Waals surface area contributed by atoms with Gasteiger partial charge in [-0.15, -0.1) is 0 Å². The molecule has 0 unspecified atom stereocenters. The topological polar surface area (TPSA) is 61.4 Å². The van der Waals surface area contributed by atoms with E-state index in [-0.39, 0.29) is 0 Å². The summed E-state index contributed by atoms with van der Waals surface area (Å²) in [7, 11) is 0. The predicted molar refractivity (Wildman–Crippen MR) is 110 cm³/mol. The second-order valence-corrected chi connectivity index (χ2v) is 7.61. The van der Waals surface area contributed by atoms with Crippen molar-refractivity contribution in [2.75, 3.05) is 36.4 Å². The van der Waals surface area contributed by atoms with E-state index in [9.17, 15) is 4.79 Å². The number of para-hydroxylation sites is 1. The van der Waals surface area contributed by atoms with Gasteiger partial charge in [0.25, 0.3) is 0 Å². The molecule has 1 aliphatic rings. The highest BCUT2D eigenvalue weighted by Gasteiger charge is 2.18. The standard InChI is InChI=1S/C21H29N5O/c1-15(2)17-6-5-7-18(16(3)4)20(17)24-21-22-9-8-19(23-21)26-12-10-25(14-27)11-13-26/h5-9,14-16H,10-13H2,1-4H3,(H,22,23,24). The minimum Gasteiger partial charge on any atom is -0.353 e. The van der Waals surface area contributed by atoms with Crippen LogP contribution in [-0.4, -0.2) is 47.5 Å². The third-order valence-electron chi connectivity index (χ3n) is 5.04. The van der Waals surface area contributed by atoms with Crippen LogP contribution < -0.4 is 10.2 Å². The third-order valence-corrected chi connectivity index (χ3v) is 5.04. The van der Waals surface area contributed by atoms with Gasteiger partial charge in [0.2, 0.25) is 12.4 Å². The molecule has 1 fully saturated rings. The molecule has 2 aromatic rings. The molecule has 2 heterocycles. The summed E-state index contributed by atoms with van der Waals surface area (Å²) in [6, 6.07) is 8.39. The Morgan fingerprint density at radius 2 is 1.63 bits per heavy atom. The van der Waals surface area contributed by atoms with Crippen LogP contribution in [0.15, 0.2) is 30.5 Å². The number of anilines is 3. The molecule has 0 atom stereocenters. The molecule has 1 amide bonds. The van der Waals surface area contributed by atoms with Crippen molar-refractivity contribution in [3.63, 3.8) is 0 Å². The van der Waals surface area contributed by atoms with Crippen LogP contribution in [0.2, 0.25) is 0 Å². The first-order chi connectivity index (χ1) is 13.0. The number of benzene rings is 1. The van der Waals surface area contributed by atoms with E-state index in [1.807, 2.05) is 6.07 Å². The second-order valence-electron chi connectivity index (χ2n) is 7.61. The van der Waals surface area contributed by atoms with Gasteiger partial charge in [0.05, 0.1) is 0 Å². The number of nitrogens with one attached hydrogen (secondary N) is 1. The predicted octanol–water partition coefficient (Wildman–Crippen LogP) is 3.75. The summed E-state index contributed by atoms with van der Waals surface area (Å²) in [5, 5.41) is 3.49. The average Bonchev–Trinajstić information content (AvgIpc) is 2.68. The van der Waals surface area contributed by atoms with Crippen molar-refractivity contribution >= 4 is 23.9 Å². The van der Waals surface area contributed by atoms with E-state index < -0.39 is 0 Å². The molecule has 144 valence electrons. The zero-order valence-corrected chi connectivity index (χ0v) is 16.6. The molecular formula is C21H29N5O. The fraction of sp³-hybridized carbons (Fsp3) is 0.476. The Labute approximate surface area is 161 Å². The number of hydrogen-bond acceptors (Lipinski definition) is 5. The first-order valence-corrected chi connectivity index (χ1v) is 9.66. The maximum absolute atomic E-state index is 10.9. The van der Waals surface area contributed by atoms with Crippen molar-refractivity contribution in [3.05, 3.63) is 41.6 Å². The highest BCUT2D eigenvalue weighted by Crippen LogP contribution is 2.34. The molecule has 1 aliphatic heterocycles. The molecule has 1 aromatic heterocycles. The highest BCUT2D eigenvalue weighted by molar-refractivity contribution is 5.66. The van der Waals surface area contributed by atoms with Gasteiger partial charge in [0.15, 0.2) is 0 Å². The van der Waals surface area contributed by atoms with E-state index in [1.165, 1.54) is 11.1 Å². The number of hydrogen-bond donors (Lipinski definition) is 1. The minimum absolute atomic E-state index is 0.408. The molecule has 3 rings (SSSR count). The Morgan fingerprint density at radius 1 is 1.00 bits per heavy atom. The van der Waals surface area contributed by atoms with Crippen LogP contribution in [0.1, 0.15) is 50.7 Å².